The number of nitrogens with zero attached hydrogens (tertiary/aromatic N) is 3. The summed E-state index contributed by atoms with van der Waals surface area (Å²) in [4.78, 5) is 26.5. The fourth-order valence-electron chi connectivity index (χ4n) is 5.21. The predicted octanol–water partition coefficient (Wildman–Crippen LogP) is 2.84. The highest BCUT2D eigenvalue weighted by atomic mass is 16.5. The van der Waals surface area contributed by atoms with Crippen molar-refractivity contribution in [1.29, 1.82) is 0 Å². The molecule has 1 aliphatic carbocycles. The normalized spacial score (nSPS) is 20.1. The maximum atomic E-state index is 12.7. The molecule has 1 saturated carbocycles. The Bertz CT molecular complexity index is 1120. The van der Waals surface area contributed by atoms with Crippen LogP contribution >= 0.6 is 0 Å². The van der Waals surface area contributed by atoms with E-state index < -0.39 is 0 Å². The maximum Gasteiger partial charge on any atom is 0.308 e. The first-order valence-electron chi connectivity index (χ1n) is 12.2. The highest BCUT2D eigenvalue weighted by molar-refractivity contribution is 5.87. The third-order valence-electron chi connectivity index (χ3n) is 7.10. The number of carbonyl (C=O) groups excluding carboxylic acids is 2. The Morgan fingerprint density at radius 1 is 1.26 bits per heavy atom. The Kier molecular flexibility index (Phi) is 6.52. The van der Waals surface area contributed by atoms with Crippen LogP contribution in [0.15, 0.2) is 30.4 Å². The molecule has 8 nitrogen and oxygen atoms in total. The van der Waals surface area contributed by atoms with Crippen molar-refractivity contribution in [3.05, 3.63) is 52.9 Å². The largest absolute Gasteiger partial charge is 0.424 e. The summed E-state index contributed by atoms with van der Waals surface area (Å²) in [6, 6.07) is 6.24. The molecule has 34 heavy (non-hydrogen) atoms. The summed E-state index contributed by atoms with van der Waals surface area (Å²) in [6.45, 7) is 3.86. The average Bonchev–Trinajstić information content (AvgIpc) is 3.03. The molecule has 1 amide bonds. The first-order valence-corrected chi connectivity index (χ1v) is 12.2. The first kappa shape index (κ1) is 22.8. The van der Waals surface area contributed by atoms with E-state index in [1.807, 2.05) is 21.7 Å². The van der Waals surface area contributed by atoms with Gasteiger partial charge in [-0.2, -0.15) is 5.10 Å². The summed E-state index contributed by atoms with van der Waals surface area (Å²) < 4.78 is 12.7. The molecule has 1 fully saturated rings. The van der Waals surface area contributed by atoms with Crippen LogP contribution in [0.3, 0.4) is 0 Å². The van der Waals surface area contributed by atoms with Crippen LogP contribution in [0, 0.1) is 0 Å². The Morgan fingerprint density at radius 3 is 2.85 bits per heavy atom. The Balaban J connectivity index is 1.47. The van der Waals surface area contributed by atoms with Crippen molar-refractivity contribution < 1.29 is 19.1 Å². The average molecular weight is 465 g/mol. The van der Waals surface area contributed by atoms with Gasteiger partial charge in [0.2, 0.25) is 5.91 Å². The molecule has 0 spiro atoms. The number of benzene rings is 1. The first-order chi connectivity index (χ1) is 16.5. The molecule has 2 aliphatic heterocycles. The smallest absolute Gasteiger partial charge is 0.308 e. The van der Waals surface area contributed by atoms with E-state index in [9.17, 15) is 9.59 Å². The molecule has 180 valence electrons. The van der Waals surface area contributed by atoms with Gasteiger partial charge < -0.3 is 19.7 Å². The number of aromatic nitrogens is 2. The minimum Gasteiger partial charge on any atom is -0.424 e. The lowest BCUT2D eigenvalue weighted by molar-refractivity contribution is -0.132. The third kappa shape index (κ3) is 4.40. The molecule has 1 N–H and O–H groups in total. The zero-order valence-electron chi connectivity index (χ0n) is 19.9. The lowest BCUT2D eigenvalue weighted by atomic mass is 9.80. The van der Waals surface area contributed by atoms with Crippen LogP contribution in [0.4, 0.5) is 0 Å². The van der Waals surface area contributed by atoms with E-state index in [4.69, 9.17) is 14.6 Å². The number of carbonyl (C=O) groups is 2. The number of nitrogens with one attached hydrogen (secondary N) is 1. The van der Waals surface area contributed by atoms with Gasteiger partial charge in [0.25, 0.3) is 0 Å². The molecular weight excluding hydrogens is 432 g/mol. The fourth-order valence-corrected chi connectivity index (χ4v) is 5.21. The summed E-state index contributed by atoms with van der Waals surface area (Å²) >= 11 is 0. The number of hydrogen-bond donors (Lipinski definition) is 1. The molecule has 3 aliphatic rings. The SMILES string of the molecule is COC/C=C/C(=O)N1CCc2nn(-c3ccc(C4CCC4)cc3OC(C)=O)c3c2C(C1)NCC3. The van der Waals surface area contributed by atoms with Crippen molar-refractivity contribution in [2.75, 3.05) is 33.4 Å². The van der Waals surface area contributed by atoms with Crippen LogP contribution in [0.5, 0.6) is 5.75 Å². The highest BCUT2D eigenvalue weighted by Crippen LogP contribution is 2.40. The number of rotatable bonds is 6. The molecule has 1 atom stereocenters. The second-order valence-electron chi connectivity index (χ2n) is 9.32. The molecule has 8 heteroatoms. The monoisotopic (exact) mass is 464 g/mol. The molecule has 0 radical (unpaired) electrons. The summed E-state index contributed by atoms with van der Waals surface area (Å²) in [7, 11) is 1.61. The molecule has 1 aromatic carbocycles. The van der Waals surface area contributed by atoms with E-state index in [1.165, 1.54) is 37.3 Å². The van der Waals surface area contributed by atoms with Crippen LogP contribution in [-0.4, -0.2) is 59.9 Å². The van der Waals surface area contributed by atoms with Gasteiger partial charge in [-0.25, -0.2) is 4.68 Å². The van der Waals surface area contributed by atoms with Crippen molar-refractivity contribution in [2.24, 2.45) is 0 Å². The van der Waals surface area contributed by atoms with E-state index in [0.717, 1.165) is 30.0 Å². The number of methoxy groups -OCH3 is 1. The third-order valence-corrected chi connectivity index (χ3v) is 7.10. The molecule has 0 bridgehead atoms. The van der Waals surface area contributed by atoms with Gasteiger partial charge in [-0.3, -0.25) is 9.59 Å². The number of hydrogen-bond acceptors (Lipinski definition) is 6. The van der Waals surface area contributed by atoms with Gasteiger partial charge in [-0.1, -0.05) is 18.6 Å². The zero-order valence-corrected chi connectivity index (χ0v) is 19.9. The van der Waals surface area contributed by atoms with Gasteiger partial charge in [0, 0.05) is 58.1 Å². The minimum atomic E-state index is -0.329. The van der Waals surface area contributed by atoms with Gasteiger partial charge >= 0.3 is 5.97 Å². The molecule has 3 heterocycles. The Hall–Kier alpha value is -2.97. The Labute approximate surface area is 199 Å². The van der Waals surface area contributed by atoms with E-state index >= 15 is 0 Å². The van der Waals surface area contributed by atoms with Crippen LogP contribution < -0.4 is 10.1 Å². The van der Waals surface area contributed by atoms with Crippen molar-refractivity contribution in [1.82, 2.24) is 20.0 Å². The van der Waals surface area contributed by atoms with Crippen molar-refractivity contribution >= 4 is 11.9 Å². The fraction of sp³-hybridized carbons (Fsp3) is 0.500. The molecule has 0 saturated heterocycles. The number of ether oxygens (including phenoxy) is 2. The summed E-state index contributed by atoms with van der Waals surface area (Å²) in [6.07, 6.45) is 8.46. The lowest BCUT2D eigenvalue weighted by Crippen LogP contribution is -2.40. The molecule has 1 aromatic heterocycles. The minimum absolute atomic E-state index is 0.00673. The summed E-state index contributed by atoms with van der Waals surface area (Å²) in [5, 5.41) is 8.58. The van der Waals surface area contributed by atoms with Crippen LogP contribution in [0.25, 0.3) is 5.69 Å². The molecule has 1 unspecified atom stereocenters. The van der Waals surface area contributed by atoms with Crippen LogP contribution in [0.1, 0.15) is 60.7 Å². The van der Waals surface area contributed by atoms with Crippen molar-refractivity contribution in [3.63, 3.8) is 0 Å². The Morgan fingerprint density at radius 2 is 2.12 bits per heavy atom. The van der Waals surface area contributed by atoms with E-state index in [0.29, 0.717) is 37.8 Å². The standard InChI is InChI=1S/C26H32N4O4/c1-17(31)34-24-15-19(18-5-3-6-18)8-9-22(24)30-23-10-12-27-21-16-29(25(32)7-4-14-33-2)13-11-20(28-30)26(21)23/h4,7-9,15,18,21,27H,3,5-6,10-14,16H2,1-2H3/b7-4+. The van der Waals surface area contributed by atoms with Crippen LogP contribution in [-0.2, 0) is 27.2 Å². The number of esters is 1. The maximum absolute atomic E-state index is 12.7. The summed E-state index contributed by atoms with van der Waals surface area (Å²) in [5.74, 6) is 0.782. The molecular formula is C26H32N4O4. The topological polar surface area (TPSA) is 85.7 Å². The highest BCUT2D eigenvalue weighted by Gasteiger charge is 2.34. The van der Waals surface area contributed by atoms with E-state index in [1.54, 1.807) is 19.3 Å². The van der Waals surface area contributed by atoms with Gasteiger partial charge in [0.1, 0.15) is 5.69 Å². The van der Waals surface area contributed by atoms with E-state index in [-0.39, 0.29) is 17.9 Å². The predicted molar refractivity (Wildman–Crippen MR) is 127 cm³/mol. The van der Waals surface area contributed by atoms with Crippen LogP contribution in [0.2, 0.25) is 0 Å². The second-order valence-corrected chi connectivity index (χ2v) is 9.32. The summed E-state index contributed by atoms with van der Waals surface area (Å²) in [5.41, 5.74) is 5.34. The zero-order chi connectivity index (χ0) is 23.7. The number of amides is 1. The quantitative estimate of drug-likeness (QED) is 0.402. The van der Waals surface area contributed by atoms with E-state index in [2.05, 4.69) is 11.4 Å². The van der Waals surface area contributed by atoms with Gasteiger partial charge in [-0.05, 0) is 36.5 Å². The second kappa shape index (κ2) is 9.72. The van der Waals surface area contributed by atoms with Crippen molar-refractivity contribution in [3.8, 4) is 11.4 Å². The molecule has 5 rings (SSSR count). The molecule has 2 aromatic rings. The van der Waals surface area contributed by atoms with Crippen molar-refractivity contribution in [2.45, 2.75) is 51.0 Å². The van der Waals surface area contributed by atoms with Gasteiger partial charge in [0.05, 0.1) is 24.0 Å². The van der Waals surface area contributed by atoms with Gasteiger partial charge in [0.15, 0.2) is 5.75 Å². The lowest BCUT2D eigenvalue weighted by Gasteiger charge is -2.29. The van der Waals surface area contributed by atoms with Gasteiger partial charge in [-0.15, -0.1) is 0 Å².